The molecule has 0 unspecified atom stereocenters. The highest BCUT2D eigenvalue weighted by Crippen LogP contribution is 2.15. The Bertz CT molecular complexity index is 1110. The molecule has 0 aliphatic rings. The number of hydrogen-bond acceptors (Lipinski definition) is 4. The zero-order valence-electron chi connectivity index (χ0n) is 14.0. The Kier molecular flexibility index (Phi) is 5.20. The molecule has 0 spiro atoms. The van der Waals surface area contributed by atoms with E-state index in [9.17, 15) is 18.0 Å². The number of benzene rings is 3. The minimum atomic E-state index is -3.98. The van der Waals surface area contributed by atoms with Gasteiger partial charge in [-0.1, -0.05) is 42.5 Å². The molecule has 3 rings (SSSR count). The normalized spacial score (nSPS) is 11.3. The fourth-order valence-electron chi connectivity index (χ4n) is 2.54. The Morgan fingerprint density at radius 3 is 2.22 bits per heavy atom. The van der Waals surface area contributed by atoms with Crippen molar-refractivity contribution in [3.05, 3.63) is 77.9 Å². The van der Waals surface area contributed by atoms with E-state index in [1.165, 1.54) is 24.3 Å². The van der Waals surface area contributed by atoms with Crippen LogP contribution >= 0.6 is 0 Å². The van der Waals surface area contributed by atoms with E-state index >= 15 is 0 Å². The van der Waals surface area contributed by atoms with E-state index in [-0.39, 0.29) is 11.3 Å². The Morgan fingerprint density at radius 1 is 0.889 bits per heavy atom. The molecule has 0 aliphatic carbocycles. The molecule has 138 valence electrons. The van der Waals surface area contributed by atoms with E-state index in [4.69, 9.17) is 5.11 Å². The number of aliphatic carboxylic acids is 1. The molecule has 27 heavy (non-hydrogen) atoms. The minimum absolute atomic E-state index is 0.0875. The quantitative estimate of drug-likeness (QED) is 0.563. The van der Waals surface area contributed by atoms with E-state index in [0.717, 1.165) is 10.8 Å². The highest BCUT2D eigenvalue weighted by atomic mass is 32.2. The molecule has 3 aromatic carbocycles. The standard InChI is InChI=1S/C19H16N2O5S/c22-18(23)11-13-5-9-17(10-6-13)27(25,26)21-20-19(24)16-8-7-14-3-1-2-4-15(14)12-16/h1-10,12,21H,11H2,(H,20,24)(H,22,23). The lowest BCUT2D eigenvalue weighted by Gasteiger charge is -2.09. The minimum Gasteiger partial charge on any atom is -0.481 e. The average molecular weight is 384 g/mol. The van der Waals surface area contributed by atoms with E-state index < -0.39 is 21.9 Å². The molecule has 0 atom stereocenters. The SMILES string of the molecule is O=C(O)Cc1ccc(S(=O)(=O)NNC(=O)c2ccc3ccccc3c2)cc1. The van der Waals surface area contributed by atoms with Crippen molar-refractivity contribution in [3.63, 3.8) is 0 Å². The first kappa shape index (κ1) is 18.6. The maximum absolute atomic E-state index is 12.3. The average Bonchev–Trinajstić information content (AvgIpc) is 2.66. The first-order chi connectivity index (χ1) is 12.8. The summed E-state index contributed by atoms with van der Waals surface area (Å²) in [4.78, 5) is 24.9. The van der Waals surface area contributed by atoms with Gasteiger partial charge in [0.25, 0.3) is 15.9 Å². The van der Waals surface area contributed by atoms with Crippen LogP contribution in [-0.4, -0.2) is 25.4 Å². The topological polar surface area (TPSA) is 113 Å². The fraction of sp³-hybridized carbons (Fsp3) is 0.0526. The van der Waals surface area contributed by atoms with Crippen molar-refractivity contribution in [2.75, 3.05) is 0 Å². The highest BCUT2D eigenvalue weighted by molar-refractivity contribution is 7.89. The molecule has 0 aromatic heterocycles. The van der Waals surface area contributed by atoms with Crippen molar-refractivity contribution in [3.8, 4) is 0 Å². The fourth-order valence-corrected chi connectivity index (χ4v) is 3.38. The van der Waals surface area contributed by atoms with Crippen LogP contribution < -0.4 is 10.3 Å². The number of hydrazine groups is 1. The molecule has 0 saturated carbocycles. The first-order valence-corrected chi connectivity index (χ1v) is 9.45. The number of hydrogen-bond donors (Lipinski definition) is 3. The van der Waals surface area contributed by atoms with Gasteiger partial charge in [0.15, 0.2) is 0 Å². The summed E-state index contributed by atoms with van der Waals surface area (Å²) in [5, 5.41) is 10.6. The summed E-state index contributed by atoms with van der Waals surface area (Å²) in [7, 11) is -3.98. The number of rotatable bonds is 6. The Balaban J connectivity index is 1.70. The van der Waals surface area contributed by atoms with Crippen LogP contribution in [0.2, 0.25) is 0 Å². The van der Waals surface area contributed by atoms with Crippen molar-refractivity contribution in [2.45, 2.75) is 11.3 Å². The summed E-state index contributed by atoms with van der Waals surface area (Å²) in [6, 6.07) is 17.9. The van der Waals surface area contributed by atoms with Crippen molar-refractivity contribution in [1.82, 2.24) is 10.3 Å². The third-order valence-electron chi connectivity index (χ3n) is 3.90. The van der Waals surface area contributed by atoms with Crippen molar-refractivity contribution in [1.29, 1.82) is 0 Å². The molecule has 3 N–H and O–H groups in total. The van der Waals surface area contributed by atoms with Gasteiger partial charge in [0.1, 0.15) is 0 Å². The number of sulfonamides is 1. The molecule has 0 aliphatic heterocycles. The second-order valence-electron chi connectivity index (χ2n) is 5.84. The van der Waals surface area contributed by atoms with Gasteiger partial charge < -0.3 is 5.11 Å². The van der Waals surface area contributed by atoms with Gasteiger partial charge in [-0.3, -0.25) is 15.0 Å². The number of fused-ring (bicyclic) bond motifs is 1. The van der Waals surface area contributed by atoms with Crippen LogP contribution in [-0.2, 0) is 21.2 Å². The summed E-state index contributed by atoms with van der Waals surface area (Å²) >= 11 is 0. The molecule has 8 heteroatoms. The van der Waals surface area contributed by atoms with Gasteiger partial charge in [-0.05, 0) is 40.6 Å². The summed E-state index contributed by atoms with van der Waals surface area (Å²) < 4.78 is 24.5. The summed E-state index contributed by atoms with van der Waals surface area (Å²) in [6.45, 7) is 0. The van der Waals surface area contributed by atoms with Crippen LogP contribution in [0.15, 0.2) is 71.6 Å². The molecule has 0 bridgehead atoms. The van der Waals surface area contributed by atoms with Crippen LogP contribution in [0.1, 0.15) is 15.9 Å². The van der Waals surface area contributed by atoms with Gasteiger partial charge in [-0.25, -0.2) is 8.42 Å². The molecule has 7 nitrogen and oxygen atoms in total. The van der Waals surface area contributed by atoms with Crippen LogP contribution in [0.25, 0.3) is 10.8 Å². The lowest BCUT2D eigenvalue weighted by atomic mass is 10.1. The van der Waals surface area contributed by atoms with E-state index in [2.05, 4.69) is 5.43 Å². The number of carbonyl (C=O) groups excluding carboxylic acids is 1. The largest absolute Gasteiger partial charge is 0.481 e. The Hall–Kier alpha value is -3.23. The lowest BCUT2D eigenvalue weighted by Crippen LogP contribution is -2.41. The molecular formula is C19H16N2O5S. The highest BCUT2D eigenvalue weighted by Gasteiger charge is 2.16. The summed E-state index contributed by atoms with van der Waals surface area (Å²) in [5.41, 5.74) is 2.97. The predicted molar refractivity (Wildman–Crippen MR) is 99.5 cm³/mol. The molecule has 3 aromatic rings. The number of carbonyl (C=O) groups is 2. The zero-order chi connectivity index (χ0) is 19.4. The Labute approximate surface area is 155 Å². The van der Waals surface area contributed by atoms with Gasteiger partial charge in [0, 0.05) is 5.56 Å². The van der Waals surface area contributed by atoms with Gasteiger partial charge in [-0.15, -0.1) is 4.83 Å². The molecule has 1 amide bonds. The molecular weight excluding hydrogens is 368 g/mol. The van der Waals surface area contributed by atoms with E-state index in [0.29, 0.717) is 11.1 Å². The third kappa shape index (κ3) is 4.49. The van der Waals surface area contributed by atoms with Crippen LogP contribution in [0.5, 0.6) is 0 Å². The van der Waals surface area contributed by atoms with Crippen LogP contribution in [0, 0.1) is 0 Å². The number of carboxylic acids is 1. The summed E-state index contributed by atoms with van der Waals surface area (Å²) in [5.74, 6) is -1.60. The number of nitrogens with one attached hydrogen (secondary N) is 2. The zero-order valence-corrected chi connectivity index (χ0v) is 14.9. The van der Waals surface area contributed by atoms with Gasteiger partial charge >= 0.3 is 5.97 Å². The summed E-state index contributed by atoms with van der Waals surface area (Å²) in [6.07, 6.45) is -0.202. The molecule has 0 saturated heterocycles. The van der Waals surface area contributed by atoms with Gasteiger partial charge in [0.2, 0.25) is 0 Å². The first-order valence-electron chi connectivity index (χ1n) is 7.97. The van der Waals surface area contributed by atoms with Crippen molar-refractivity contribution >= 4 is 32.7 Å². The third-order valence-corrected chi connectivity index (χ3v) is 5.16. The monoisotopic (exact) mass is 384 g/mol. The lowest BCUT2D eigenvalue weighted by molar-refractivity contribution is -0.136. The Morgan fingerprint density at radius 2 is 1.56 bits per heavy atom. The number of amides is 1. The number of carboxylic acid groups (broad SMARTS) is 1. The van der Waals surface area contributed by atoms with Crippen LogP contribution in [0.3, 0.4) is 0 Å². The van der Waals surface area contributed by atoms with Crippen molar-refractivity contribution in [2.24, 2.45) is 0 Å². The molecule has 0 fully saturated rings. The van der Waals surface area contributed by atoms with Gasteiger partial charge in [-0.2, -0.15) is 0 Å². The molecule has 0 heterocycles. The maximum Gasteiger partial charge on any atom is 0.307 e. The second-order valence-corrected chi connectivity index (χ2v) is 7.52. The van der Waals surface area contributed by atoms with Gasteiger partial charge in [0.05, 0.1) is 11.3 Å². The maximum atomic E-state index is 12.3. The smallest absolute Gasteiger partial charge is 0.307 e. The molecule has 0 radical (unpaired) electrons. The predicted octanol–water partition coefficient (Wildman–Crippen LogP) is 2.09. The van der Waals surface area contributed by atoms with E-state index in [1.54, 1.807) is 18.2 Å². The van der Waals surface area contributed by atoms with Crippen molar-refractivity contribution < 1.29 is 23.1 Å². The second kappa shape index (κ2) is 7.56. The van der Waals surface area contributed by atoms with E-state index in [1.807, 2.05) is 29.1 Å². The van der Waals surface area contributed by atoms with Crippen LogP contribution in [0.4, 0.5) is 0 Å².